The quantitative estimate of drug-likeness (QED) is 0.0809. The highest BCUT2D eigenvalue weighted by Crippen LogP contribution is 2.55. The van der Waals surface area contributed by atoms with E-state index in [-0.39, 0.29) is 55.7 Å². The number of nitrogens with one attached hydrogen (secondary N) is 4. The maximum Gasteiger partial charge on any atom is 0.253 e. The second kappa shape index (κ2) is 20.8. The number of likely N-dealkylation sites (tertiary alicyclic amines) is 2. The molecule has 0 bridgehead atoms. The van der Waals surface area contributed by atoms with E-state index < -0.39 is 46.2 Å². The molecule has 1 aliphatic carbocycles. The fraction of sp³-hybridized carbons (Fsp3) is 0.510. The van der Waals surface area contributed by atoms with Gasteiger partial charge >= 0.3 is 0 Å². The van der Waals surface area contributed by atoms with Crippen LogP contribution < -0.4 is 26.0 Å². The van der Waals surface area contributed by atoms with Crippen LogP contribution in [0.1, 0.15) is 95.0 Å². The van der Waals surface area contributed by atoms with Gasteiger partial charge in [0.2, 0.25) is 17.7 Å². The van der Waals surface area contributed by atoms with Gasteiger partial charge in [-0.15, -0.1) is 11.3 Å². The van der Waals surface area contributed by atoms with Gasteiger partial charge in [0.15, 0.2) is 0 Å². The number of benzene rings is 2. The number of ether oxygens (including phenoxy) is 2. The molecule has 16 nitrogen and oxygen atoms in total. The lowest BCUT2D eigenvalue weighted by molar-refractivity contribution is -0.164. The first-order valence-electron chi connectivity index (χ1n) is 23.4. The van der Waals surface area contributed by atoms with Crippen LogP contribution in [-0.2, 0) is 19.1 Å². The number of rotatable bonds is 17. The lowest BCUT2D eigenvalue weighted by atomic mass is 9.49. The van der Waals surface area contributed by atoms with Gasteiger partial charge in [-0.2, -0.15) is 5.26 Å². The molecular weight excluding hydrogens is 918 g/mol. The number of halogens is 1. The van der Waals surface area contributed by atoms with Crippen molar-refractivity contribution in [2.45, 2.75) is 111 Å². The number of nitrogens with zero attached hydrogens (tertiary/aromatic N) is 5. The van der Waals surface area contributed by atoms with Crippen molar-refractivity contribution in [3.05, 3.63) is 93.7 Å². The van der Waals surface area contributed by atoms with Gasteiger partial charge in [0.25, 0.3) is 5.91 Å². The zero-order chi connectivity index (χ0) is 50.0. The van der Waals surface area contributed by atoms with Gasteiger partial charge in [0.1, 0.15) is 42.4 Å². The molecule has 2 saturated heterocycles. The smallest absolute Gasteiger partial charge is 0.253 e. The Kier molecular flexibility index (Phi) is 15.4. The summed E-state index contributed by atoms with van der Waals surface area (Å²) in [6, 6.07) is 16.1. The Bertz CT molecular complexity index is 2530. The molecule has 3 fully saturated rings. The molecule has 18 heteroatoms. The number of hydrogen-bond donors (Lipinski definition) is 5. The van der Waals surface area contributed by atoms with Crippen LogP contribution >= 0.6 is 22.9 Å². The van der Waals surface area contributed by atoms with E-state index in [0.717, 1.165) is 21.7 Å². The number of carbonyl (C=O) groups is 4. The molecule has 7 rings (SSSR count). The van der Waals surface area contributed by atoms with Gasteiger partial charge in [0.05, 0.1) is 50.5 Å². The molecular formula is C51H64ClN9O7S. The summed E-state index contributed by atoms with van der Waals surface area (Å²) >= 11 is 7.81. The number of nitriles is 1. The largest absolute Gasteiger partial charge is 0.489 e. The van der Waals surface area contributed by atoms with E-state index in [1.165, 1.54) is 4.90 Å². The second-order valence-electron chi connectivity index (χ2n) is 20.7. The van der Waals surface area contributed by atoms with Crippen LogP contribution in [0.5, 0.6) is 5.75 Å². The van der Waals surface area contributed by atoms with Crippen LogP contribution in [0, 0.1) is 34.5 Å². The van der Waals surface area contributed by atoms with E-state index in [2.05, 4.69) is 69.9 Å². The lowest BCUT2D eigenvalue weighted by Gasteiger charge is -2.63. The molecule has 2 aliphatic heterocycles. The highest BCUT2D eigenvalue weighted by molar-refractivity contribution is 7.13. The number of carbonyl (C=O) groups excluding carboxylic acids is 4. The maximum absolute atomic E-state index is 14.1. The molecule has 4 amide bonds. The molecule has 5 N–H and O–H groups in total. The fourth-order valence-electron chi connectivity index (χ4n) is 10.0. The molecule has 0 spiro atoms. The Balaban J connectivity index is 0.817. The predicted molar refractivity (Wildman–Crippen MR) is 265 cm³/mol. The Morgan fingerprint density at radius 2 is 1.71 bits per heavy atom. The van der Waals surface area contributed by atoms with E-state index >= 15 is 0 Å². The summed E-state index contributed by atoms with van der Waals surface area (Å²) in [5, 5.41) is 32.6. The average Bonchev–Trinajstić information content (AvgIpc) is 3.91. The monoisotopic (exact) mass is 981 g/mol. The minimum atomic E-state index is -0.965. The summed E-state index contributed by atoms with van der Waals surface area (Å²) in [5.74, 6) is -0.279. The first kappa shape index (κ1) is 51.2. The Morgan fingerprint density at radius 1 is 1.00 bits per heavy atom. The van der Waals surface area contributed by atoms with Gasteiger partial charge in [-0.25, -0.2) is 9.97 Å². The number of aliphatic hydroxyl groups excluding tert-OH is 1. The number of aromatic nitrogens is 2. The van der Waals surface area contributed by atoms with Crippen molar-refractivity contribution >= 4 is 52.4 Å². The standard InChI is InChI=1S/C51H64ClN9O7S/c1-29(31-10-12-32(13-11-31)42-30(2)56-28-69-42)57-45(65)39-20-35(62)24-61(39)46(66)43(49(3,4)5)58-41(63)27-67-37-25-60(26-37)19-18-54-40-17-15-34(23-55-40)44(64)59-47-50(6,7)48(51(47,8)9)68-36-16-14-33(22-53)38(52)21-36/h10-17,21,23,28-29,35,37,39,43,47-48,62H,18-20,24-27H2,1-9H3,(H,54,55)(H,57,65)(H,58,63)(H,59,64)/t29-,35+,39-,43?,47?,48?/m0/s1. The van der Waals surface area contributed by atoms with Crippen LogP contribution in [0.25, 0.3) is 10.4 Å². The van der Waals surface area contributed by atoms with Crippen molar-refractivity contribution in [1.29, 1.82) is 5.26 Å². The maximum atomic E-state index is 14.1. The van der Waals surface area contributed by atoms with Crippen molar-refractivity contribution < 1.29 is 33.8 Å². The summed E-state index contributed by atoms with van der Waals surface area (Å²) in [6.45, 7) is 19.9. The average molecular weight is 983 g/mol. The molecule has 3 aliphatic rings. The number of hydrogen-bond acceptors (Lipinski definition) is 13. The van der Waals surface area contributed by atoms with E-state index in [1.54, 1.807) is 47.9 Å². The van der Waals surface area contributed by atoms with Gasteiger partial charge < -0.3 is 40.7 Å². The third-order valence-electron chi connectivity index (χ3n) is 13.6. The van der Waals surface area contributed by atoms with E-state index in [1.807, 2.05) is 64.4 Å². The van der Waals surface area contributed by atoms with Crippen LogP contribution in [0.15, 0.2) is 66.3 Å². The van der Waals surface area contributed by atoms with Gasteiger partial charge in [-0.05, 0) is 54.7 Å². The van der Waals surface area contributed by atoms with Gasteiger partial charge in [0, 0.05) is 68.3 Å². The number of pyridine rings is 1. The van der Waals surface area contributed by atoms with E-state index in [0.29, 0.717) is 53.9 Å². The highest BCUT2D eigenvalue weighted by atomic mass is 35.5. The van der Waals surface area contributed by atoms with Gasteiger partial charge in [-0.3, -0.25) is 24.1 Å². The molecule has 0 radical (unpaired) electrons. The molecule has 1 unspecified atom stereocenters. The second-order valence-corrected chi connectivity index (χ2v) is 22.0. The third-order valence-corrected chi connectivity index (χ3v) is 14.9. The zero-order valence-electron chi connectivity index (χ0n) is 40.8. The summed E-state index contributed by atoms with van der Waals surface area (Å²) in [7, 11) is 0. The summed E-state index contributed by atoms with van der Waals surface area (Å²) in [5.41, 5.74) is 4.03. The van der Waals surface area contributed by atoms with Crippen molar-refractivity contribution in [3.8, 4) is 22.3 Å². The van der Waals surface area contributed by atoms with Crippen molar-refractivity contribution in [1.82, 2.24) is 35.7 Å². The number of β-amino-alcohol motifs (C(OH)–C–C–N with tert-alkyl or cyclic N) is 1. The summed E-state index contributed by atoms with van der Waals surface area (Å²) in [4.78, 5) is 67.9. The minimum Gasteiger partial charge on any atom is -0.489 e. The number of amides is 4. The van der Waals surface area contributed by atoms with Crippen molar-refractivity contribution in [2.75, 3.05) is 44.6 Å². The summed E-state index contributed by atoms with van der Waals surface area (Å²) in [6.07, 6.45) is 0.382. The Morgan fingerprint density at radius 3 is 2.32 bits per heavy atom. The highest BCUT2D eigenvalue weighted by Gasteiger charge is 2.64. The number of aliphatic hydroxyl groups is 1. The topological polar surface area (TPSA) is 211 Å². The first-order chi connectivity index (χ1) is 32.6. The molecule has 2 aromatic carbocycles. The normalized spacial score (nSPS) is 21.7. The number of anilines is 1. The van der Waals surface area contributed by atoms with Crippen molar-refractivity contribution in [2.24, 2.45) is 16.2 Å². The van der Waals surface area contributed by atoms with E-state index in [9.17, 15) is 29.5 Å². The summed E-state index contributed by atoms with van der Waals surface area (Å²) < 4.78 is 12.3. The molecule has 4 atom stereocenters. The molecule has 4 aromatic rings. The molecule has 4 heterocycles. The predicted octanol–water partition coefficient (Wildman–Crippen LogP) is 6.13. The first-order valence-corrected chi connectivity index (χ1v) is 24.6. The third kappa shape index (κ3) is 11.5. The van der Waals surface area contributed by atoms with Gasteiger partial charge in [-0.1, -0.05) is 84.3 Å². The SMILES string of the molecule is Cc1ncsc1-c1ccc([C@H](C)NC(=O)[C@@H]2C[C@@H](O)CN2C(=O)C(NC(=O)COC2CN(CCNc3ccc(C(=O)NC4C(C)(C)C(Oc5ccc(C#N)c(Cl)c5)C4(C)C)cn3)C2)C(C)(C)C)cc1. The number of aryl methyl sites for hydroxylation is 1. The van der Waals surface area contributed by atoms with Crippen LogP contribution in [0.2, 0.25) is 5.02 Å². The Labute approximate surface area is 413 Å². The van der Waals surface area contributed by atoms with Crippen molar-refractivity contribution in [3.63, 3.8) is 0 Å². The van der Waals surface area contributed by atoms with Crippen LogP contribution in [0.4, 0.5) is 5.82 Å². The molecule has 2 aromatic heterocycles. The molecule has 69 heavy (non-hydrogen) atoms. The minimum absolute atomic E-state index is 0.0195. The molecule has 1 saturated carbocycles. The zero-order valence-corrected chi connectivity index (χ0v) is 42.3. The lowest BCUT2D eigenvalue weighted by Crippen LogP contribution is -2.74. The Hall–Kier alpha value is -5.64. The van der Waals surface area contributed by atoms with Crippen LogP contribution in [-0.4, -0.2) is 124 Å². The fourth-order valence-corrected chi connectivity index (χ4v) is 11.0. The van der Waals surface area contributed by atoms with E-state index in [4.69, 9.17) is 21.1 Å². The number of thiazole rings is 1. The molecule has 368 valence electrons. The van der Waals surface area contributed by atoms with Crippen LogP contribution in [0.3, 0.4) is 0 Å².